The Bertz CT molecular complexity index is 1270. The number of Topliss-reactive ketones (excluding diaryl/α,β-unsaturated/α-hetero) is 1. The SMILES string of the molecule is CC(C)(C)c1ccc([I+]c2ccc(C(C)(C)C)cc2CC2(C)C3CCC2(CS(=O)(=O)O)C(=O)C3)cc1. The molecule has 6 heteroatoms. The molecule has 0 amide bonds. The minimum absolute atomic E-state index is 0.0138. The van der Waals surface area contributed by atoms with Gasteiger partial charge in [-0.1, -0.05) is 72.7 Å². The number of rotatable bonds is 6. The monoisotopic (exact) mass is 623 g/mol. The minimum Gasteiger partial charge on any atom is -0.299 e. The smallest absolute Gasteiger partial charge is 0.299 e. The van der Waals surface area contributed by atoms with Crippen molar-refractivity contribution in [2.24, 2.45) is 16.7 Å². The molecule has 2 aliphatic carbocycles. The number of benzene rings is 2. The van der Waals surface area contributed by atoms with Crippen LogP contribution < -0.4 is 21.2 Å². The molecule has 2 aliphatic rings. The van der Waals surface area contributed by atoms with Crippen LogP contribution in [0.15, 0.2) is 42.5 Å². The highest BCUT2D eigenvalue weighted by Gasteiger charge is 2.67. The van der Waals surface area contributed by atoms with E-state index in [-0.39, 0.29) is 22.5 Å². The van der Waals surface area contributed by atoms with Gasteiger partial charge in [-0.2, -0.15) is 8.42 Å². The summed E-state index contributed by atoms with van der Waals surface area (Å²) in [4.78, 5) is 13.2. The minimum atomic E-state index is -4.27. The Morgan fingerprint density at radius 3 is 2.08 bits per heavy atom. The number of carbonyl (C=O) groups is 1. The highest BCUT2D eigenvalue weighted by atomic mass is 127. The molecule has 36 heavy (non-hydrogen) atoms. The number of hydrogen-bond acceptors (Lipinski definition) is 3. The molecule has 3 unspecified atom stereocenters. The van der Waals surface area contributed by atoms with E-state index in [0.29, 0.717) is 19.3 Å². The Balaban J connectivity index is 1.75. The van der Waals surface area contributed by atoms with Crippen LogP contribution in [-0.2, 0) is 32.2 Å². The molecule has 4 rings (SSSR count). The standard InChI is InChI=1S/C30H39IO4S/c1-27(2,3)21-8-11-24(12-9-21)31-25-13-10-22(28(4,5)6)16-20(25)18-29(7)23-14-15-30(29,26(32)17-23)19-36(33,34)35/h8-13,16,23H,14-15,17-19H2,1-7H3/p+1. The van der Waals surface area contributed by atoms with Crippen molar-refractivity contribution in [2.75, 3.05) is 5.75 Å². The Labute approximate surface area is 227 Å². The van der Waals surface area contributed by atoms with Crippen LogP contribution in [0.1, 0.15) is 84.4 Å². The second kappa shape index (κ2) is 9.19. The fraction of sp³-hybridized carbons (Fsp3) is 0.567. The lowest BCUT2D eigenvalue weighted by Crippen LogP contribution is -3.61. The fourth-order valence-corrected chi connectivity index (χ4v) is 10.1. The molecular formula is C30H40IO4S+. The number of halogens is 1. The summed E-state index contributed by atoms with van der Waals surface area (Å²) in [6.45, 7) is 15.4. The highest BCUT2D eigenvalue weighted by molar-refractivity contribution is 7.85. The van der Waals surface area contributed by atoms with Crippen molar-refractivity contribution in [3.05, 3.63) is 66.3 Å². The molecule has 4 nitrogen and oxygen atoms in total. The molecule has 0 heterocycles. The third-order valence-corrected chi connectivity index (χ3v) is 12.5. The Morgan fingerprint density at radius 1 is 0.972 bits per heavy atom. The maximum Gasteiger partial charge on any atom is 0.358 e. The van der Waals surface area contributed by atoms with E-state index in [9.17, 15) is 17.8 Å². The van der Waals surface area contributed by atoms with Gasteiger partial charge in [0.05, 0.1) is 11.2 Å². The van der Waals surface area contributed by atoms with Crippen molar-refractivity contribution in [2.45, 2.75) is 85.0 Å². The van der Waals surface area contributed by atoms with E-state index >= 15 is 0 Å². The topological polar surface area (TPSA) is 71.4 Å². The van der Waals surface area contributed by atoms with Crippen LogP contribution in [0.3, 0.4) is 0 Å². The maximum atomic E-state index is 13.2. The van der Waals surface area contributed by atoms with Gasteiger partial charge in [-0.15, -0.1) is 0 Å². The van der Waals surface area contributed by atoms with Crippen molar-refractivity contribution in [3.8, 4) is 0 Å². The molecule has 2 aromatic rings. The first-order valence-corrected chi connectivity index (χ1v) is 16.6. The Morgan fingerprint density at radius 2 is 1.56 bits per heavy atom. The second-order valence-corrected chi connectivity index (χ2v) is 17.6. The van der Waals surface area contributed by atoms with Gasteiger partial charge in [0.25, 0.3) is 10.1 Å². The predicted octanol–water partition coefficient (Wildman–Crippen LogP) is 3.22. The van der Waals surface area contributed by atoms with Gasteiger partial charge in [0.15, 0.2) is 7.14 Å². The zero-order valence-electron chi connectivity index (χ0n) is 22.6. The summed E-state index contributed by atoms with van der Waals surface area (Å²) in [6, 6.07) is 15.8. The lowest BCUT2D eigenvalue weighted by Gasteiger charge is -2.39. The quantitative estimate of drug-likeness (QED) is 0.397. The first kappa shape index (κ1) is 27.8. The Hall–Kier alpha value is -1.25. The summed E-state index contributed by atoms with van der Waals surface area (Å²) in [5, 5.41) is 0. The van der Waals surface area contributed by atoms with E-state index < -0.39 is 47.9 Å². The van der Waals surface area contributed by atoms with E-state index in [4.69, 9.17) is 0 Å². The van der Waals surface area contributed by atoms with Crippen molar-refractivity contribution < 1.29 is 39.0 Å². The van der Waals surface area contributed by atoms with Gasteiger partial charge < -0.3 is 0 Å². The lowest BCUT2D eigenvalue weighted by atomic mass is 9.65. The number of hydrogen-bond donors (Lipinski definition) is 1. The molecule has 3 atom stereocenters. The average molecular weight is 624 g/mol. The van der Waals surface area contributed by atoms with Crippen LogP contribution in [0, 0.1) is 23.9 Å². The fourth-order valence-electron chi connectivity index (χ4n) is 6.36. The third kappa shape index (κ3) is 5.19. The van der Waals surface area contributed by atoms with Crippen LogP contribution in [0.25, 0.3) is 0 Å². The molecule has 2 aromatic carbocycles. The van der Waals surface area contributed by atoms with Crippen LogP contribution >= 0.6 is 0 Å². The van der Waals surface area contributed by atoms with Crippen molar-refractivity contribution in [3.63, 3.8) is 0 Å². The first-order chi connectivity index (χ1) is 16.4. The van der Waals surface area contributed by atoms with E-state index in [2.05, 4.69) is 90.9 Å². The molecule has 196 valence electrons. The van der Waals surface area contributed by atoms with Gasteiger partial charge in [-0.25, -0.2) is 0 Å². The van der Waals surface area contributed by atoms with Gasteiger partial charge in [0.2, 0.25) is 0 Å². The average Bonchev–Trinajstić information content (AvgIpc) is 3.09. The largest absolute Gasteiger partial charge is 0.358 e. The molecule has 0 spiro atoms. The van der Waals surface area contributed by atoms with Crippen LogP contribution in [-0.4, -0.2) is 24.5 Å². The molecule has 0 saturated heterocycles. The summed E-state index contributed by atoms with van der Waals surface area (Å²) in [5.41, 5.74) is 2.42. The molecule has 0 radical (unpaired) electrons. The summed E-state index contributed by atoms with van der Waals surface area (Å²) in [5.74, 6) is -0.286. The van der Waals surface area contributed by atoms with Gasteiger partial charge >= 0.3 is 21.2 Å². The van der Waals surface area contributed by atoms with E-state index in [1.165, 1.54) is 23.8 Å². The summed E-state index contributed by atoms with van der Waals surface area (Å²) < 4.78 is 36.6. The third-order valence-electron chi connectivity index (χ3n) is 8.70. The first-order valence-electron chi connectivity index (χ1n) is 12.8. The van der Waals surface area contributed by atoms with E-state index in [0.717, 1.165) is 6.42 Å². The summed E-state index contributed by atoms with van der Waals surface area (Å²) in [6.07, 6.45) is 2.47. The zero-order valence-corrected chi connectivity index (χ0v) is 25.6. The maximum absolute atomic E-state index is 13.2. The van der Waals surface area contributed by atoms with Gasteiger partial charge in [-0.05, 0) is 70.8 Å². The van der Waals surface area contributed by atoms with Crippen molar-refractivity contribution in [1.82, 2.24) is 0 Å². The van der Waals surface area contributed by atoms with Gasteiger partial charge in [-0.3, -0.25) is 9.35 Å². The zero-order chi connectivity index (χ0) is 26.7. The molecule has 1 N–H and O–H groups in total. The van der Waals surface area contributed by atoms with Gasteiger partial charge in [0, 0.05) is 12.0 Å². The highest BCUT2D eigenvalue weighted by Crippen LogP contribution is 2.65. The molecule has 0 aliphatic heterocycles. The number of fused-ring (bicyclic) bond motifs is 2. The second-order valence-electron chi connectivity index (χ2n) is 13.2. The molecule has 2 bridgehead atoms. The summed E-state index contributed by atoms with van der Waals surface area (Å²) in [7, 11) is -4.27. The molecule has 0 aromatic heterocycles. The number of carbonyl (C=O) groups excluding carboxylic acids is 1. The van der Waals surface area contributed by atoms with Crippen molar-refractivity contribution in [1.29, 1.82) is 0 Å². The van der Waals surface area contributed by atoms with Crippen molar-refractivity contribution >= 4 is 15.9 Å². The van der Waals surface area contributed by atoms with Crippen LogP contribution in [0.2, 0.25) is 0 Å². The van der Waals surface area contributed by atoms with Crippen LogP contribution in [0.5, 0.6) is 0 Å². The predicted molar refractivity (Wildman–Crippen MR) is 141 cm³/mol. The normalized spacial score (nSPS) is 26.6. The molecule has 2 saturated carbocycles. The van der Waals surface area contributed by atoms with Crippen LogP contribution in [0.4, 0.5) is 0 Å². The van der Waals surface area contributed by atoms with E-state index in [1.54, 1.807) is 0 Å². The van der Waals surface area contributed by atoms with E-state index in [1.807, 2.05) is 0 Å². The van der Waals surface area contributed by atoms with Gasteiger partial charge in [0.1, 0.15) is 5.78 Å². The Kier molecular flexibility index (Phi) is 7.09. The summed E-state index contributed by atoms with van der Waals surface area (Å²) >= 11 is -0.454. The molecular weight excluding hydrogens is 583 g/mol. The molecule has 2 fully saturated rings. The lowest BCUT2D eigenvalue weighted by molar-refractivity contribution is -0.598. The number of ketones is 1.